The molecule has 3 unspecified atom stereocenters. The molecule has 100 valence electrons. The molecule has 2 aliphatic heterocycles. The fraction of sp³-hybridized carbons (Fsp3) is 1.00. The molecule has 2 rings (SSSR count). The maximum Gasteiger partial charge on any atom is 0.0674 e. The van der Waals surface area contributed by atoms with E-state index in [1.807, 2.05) is 0 Å². The highest BCUT2D eigenvalue weighted by Gasteiger charge is 2.26. The summed E-state index contributed by atoms with van der Waals surface area (Å²) in [5.41, 5.74) is 0. The van der Waals surface area contributed by atoms with Crippen molar-refractivity contribution in [2.24, 2.45) is 0 Å². The average Bonchev–Trinajstić information content (AvgIpc) is 2.38. The first kappa shape index (κ1) is 13.3. The maximum atomic E-state index is 5.72. The number of rotatable bonds is 4. The van der Waals surface area contributed by atoms with Gasteiger partial charge in [-0.15, -0.1) is 0 Å². The summed E-state index contributed by atoms with van der Waals surface area (Å²) in [4.78, 5) is 2.59. The van der Waals surface area contributed by atoms with Crippen LogP contribution in [0.5, 0.6) is 0 Å². The molecule has 0 saturated carbocycles. The quantitative estimate of drug-likeness (QED) is 0.793. The summed E-state index contributed by atoms with van der Waals surface area (Å²) in [6.07, 6.45) is 2.75. The largest absolute Gasteiger partial charge is 0.379 e. The number of morpholine rings is 2. The van der Waals surface area contributed by atoms with Gasteiger partial charge >= 0.3 is 0 Å². The van der Waals surface area contributed by atoms with E-state index >= 15 is 0 Å². The summed E-state index contributed by atoms with van der Waals surface area (Å²) in [7, 11) is 0. The fourth-order valence-corrected chi connectivity index (χ4v) is 2.69. The fourth-order valence-electron chi connectivity index (χ4n) is 2.69. The van der Waals surface area contributed by atoms with Gasteiger partial charge in [-0.25, -0.2) is 0 Å². The van der Waals surface area contributed by atoms with Gasteiger partial charge in [-0.3, -0.25) is 4.90 Å². The number of nitrogens with zero attached hydrogens (tertiary/aromatic N) is 1. The Kier molecular flexibility index (Phi) is 5.22. The highest BCUT2D eigenvalue weighted by molar-refractivity contribution is 4.80. The molecule has 0 radical (unpaired) electrons. The number of hydrogen-bond donors (Lipinski definition) is 1. The van der Waals surface area contributed by atoms with E-state index in [0.717, 1.165) is 39.5 Å². The van der Waals surface area contributed by atoms with Crippen LogP contribution in [-0.4, -0.2) is 62.5 Å². The Balaban J connectivity index is 1.74. The first-order chi connectivity index (χ1) is 8.29. The van der Waals surface area contributed by atoms with E-state index in [2.05, 4.69) is 24.1 Å². The van der Waals surface area contributed by atoms with Crippen LogP contribution < -0.4 is 5.32 Å². The van der Waals surface area contributed by atoms with Crippen LogP contribution in [0.2, 0.25) is 0 Å². The molecular formula is C13H26N2O2. The van der Waals surface area contributed by atoms with Gasteiger partial charge in [-0.2, -0.15) is 0 Å². The molecular weight excluding hydrogens is 216 g/mol. The zero-order valence-corrected chi connectivity index (χ0v) is 11.2. The van der Waals surface area contributed by atoms with Gasteiger partial charge in [-0.05, 0) is 19.8 Å². The molecule has 0 aromatic carbocycles. The van der Waals surface area contributed by atoms with Gasteiger partial charge in [0.05, 0.1) is 25.9 Å². The Morgan fingerprint density at radius 3 is 2.94 bits per heavy atom. The van der Waals surface area contributed by atoms with Crippen molar-refractivity contribution in [2.75, 3.05) is 39.5 Å². The van der Waals surface area contributed by atoms with Crippen LogP contribution in [0.3, 0.4) is 0 Å². The Labute approximate surface area is 105 Å². The zero-order valence-electron chi connectivity index (χ0n) is 11.2. The molecule has 0 aromatic heterocycles. The summed E-state index contributed by atoms with van der Waals surface area (Å²) in [5.74, 6) is 0. The molecule has 4 nitrogen and oxygen atoms in total. The predicted octanol–water partition coefficient (Wildman–Crippen LogP) is 0.864. The number of ether oxygens (including phenoxy) is 2. The monoisotopic (exact) mass is 242 g/mol. The average molecular weight is 242 g/mol. The van der Waals surface area contributed by atoms with Crippen molar-refractivity contribution in [1.29, 1.82) is 0 Å². The predicted molar refractivity (Wildman–Crippen MR) is 68.3 cm³/mol. The lowest BCUT2D eigenvalue weighted by molar-refractivity contribution is -0.0580. The molecule has 0 aromatic rings. The molecule has 2 heterocycles. The van der Waals surface area contributed by atoms with Crippen LogP contribution in [0, 0.1) is 0 Å². The van der Waals surface area contributed by atoms with Gasteiger partial charge in [0.15, 0.2) is 0 Å². The second-order valence-corrected chi connectivity index (χ2v) is 5.22. The highest BCUT2D eigenvalue weighted by atomic mass is 16.5. The SMILES string of the molecule is CCC1COC(C)CN1CCC1COCCN1. The second kappa shape index (κ2) is 6.69. The van der Waals surface area contributed by atoms with Crippen molar-refractivity contribution in [3.05, 3.63) is 0 Å². The Morgan fingerprint density at radius 2 is 2.24 bits per heavy atom. The van der Waals surface area contributed by atoms with Crippen LogP contribution in [0.25, 0.3) is 0 Å². The summed E-state index contributed by atoms with van der Waals surface area (Å²) < 4.78 is 11.2. The first-order valence-electron chi connectivity index (χ1n) is 6.96. The van der Waals surface area contributed by atoms with E-state index in [9.17, 15) is 0 Å². The third-order valence-electron chi connectivity index (χ3n) is 3.82. The zero-order chi connectivity index (χ0) is 12.1. The minimum Gasteiger partial charge on any atom is -0.379 e. The Bertz CT molecular complexity index is 219. The molecule has 0 amide bonds. The van der Waals surface area contributed by atoms with Crippen LogP contribution in [-0.2, 0) is 9.47 Å². The lowest BCUT2D eigenvalue weighted by Crippen LogP contribution is -2.50. The third-order valence-corrected chi connectivity index (χ3v) is 3.82. The Morgan fingerprint density at radius 1 is 1.35 bits per heavy atom. The topological polar surface area (TPSA) is 33.7 Å². The van der Waals surface area contributed by atoms with E-state index in [1.54, 1.807) is 0 Å². The summed E-state index contributed by atoms with van der Waals surface area (Å²) >= 11 is 0. The van der Waals surface area contributed by atoms with E-state index in [4.69, 9.17) is 9.47 Å². The highest BCUT2D eigenvalue weighted by Crippen LogP contribution is 2.15. The molecule has 2 saturated heterocycles. The molecule has 17 heavy (non-hydrogen) atoms. The molecule has 3 atom stereocenters. The van der Waals surface area contributed by atoms with Crippen LogP contribution in [0.15, 0.2) is 0 Å². The maximum absolute atomic E-state index is 5.72. The molecule has 2 fully saturated rings. The molecule has 0 aliphatic carbocycles. The van der Waals surface area contributed by atoms with E-state index in [0.29, 0.717) is 18.2 Å². The minimum atomic E-state index is 0.383. The van der Waals surface area contributed by atoms with Crippen LogP contribution >= 0.6 is 0 Å². The van der Waals surface area contributed by atoms with Crippen LogP contribution in [0.4, 0.5) is 0 Å². The van der Waals surface area contributed by atoms with Crippen molar-refractivity contribution in [3.63, 3.8) is 0 Å². The van der Waals surface area contributed by atoms with Gasteiger partial charge in [-0.1, -0.05) is 6.92 Å². The van der Waals surface area contributed by atoms with Crippen molar-refractivity contribution in [3.8, 4) is 0 Å². The standard InChI is InChI=1S/C13H26N2O2/c1-3-13-10-17-11(2)8-15(13)6-4-12-9-16-7-5-14-12/h11-14H,3-10H2,1-2H3. The van der Waals surface area contributed by atoms with Gasteiger partial charge in [0, 0.05) is 31.7 Å². The number of hydrogen-bond acceptors (Lipinski definition) is 4. The molecule has 2 aliphatic rings. The summed E-state index contributed by atoms with van der Waals surface area (Å²) in [6, 6.07) is 1.15. The lowest BCUT2D eigenvalue weighted by atomic mass is 10.1. The smallest absolute Gasteiger partial charge is 0.0674 e. The van der Waals surface area contributed by atoms with Gasteiger partial charge in [0.1, 0.15) is 0 Å². The molecule has 0 spiro atoms. The van der Waals surface area contributed by atoms with Crippen molar-refractivity contribution < 1.29 is 9.47 Å². The van der Waals surface area contributed by atoms with E-state index in [-0.39, 0.29) is 0 Å². The third kappa shape index (κ3) is 3.91. The van der Waals surface area contributed by atoms with Crippen molar-refractivity contribution in [2.45, 2.75) is 44.9 Å². The lowest BCUT2D eigenvalue weighted by Gasteiger charge is -2.39. The summed E-state index contributed by atoms with van der Waals surface area (Å²) in [6.45, 7) is 10.3. The molecule has 4 heteroatoms. The van der Waals surface area contributed by atoms with Gasteiger partial charge in [0.2, 0.25) is 0 Å². The summed E-state index contributed by atoms with van der Waals surface area (Å²) in [5, 5.41) is 3.52. The first-order valence-corrected chi connectivity index (χ1v) is 6.96. The minimum absolute atomic E-state index is 0.383. The molecule has 1 N–H and O–H groups in total. The van der Waals surface area contributed by atoms with Gasteiger partial charge in [0.25, 0.3) is 0 Å². The van der Waals surface area contributed by atoms with E-state index < -0.39 is 0 Å². The normalized spacial score (nSPS) is 36.0. The second-order valence-electron chi connectivity index (χ2n) is 5.22. The van der Waals surface area contributed by atoms with Crippen LogP contribution in [0.1, 0.15) is 26.7 Å². The molecule has 0 bridgehead atoms. The van der Waals surface area contributed by atoms with Gasteiger partial charge < -0.3 is 14.8 Å². The van der Waals surface area contributed by atoms with E-state index in [1.165, 1.54) is 12.8 Å². The number of nitrogens with one attached hydrogen (secondary N) is 1. The van der Waals surface area contributed by atoms with Crippen molar-refractivity contribution >= 4 is 0 Å². The van der Waals surface area contributed by atoms with Crippen molar-refractivity contribution in [1.82, 2.24) is 10.2 Å². The Hall–Kier alpha value is -0.160.